The molecule has 0 aliphatic heterocycles. The van der Waals surface area contributed by atoms with Crippen LogP contribution in [-0.4, -0.2) is 24.5 Å². The molecule has 1 saturated carbocycles. The molecule has 1 rings (SSSR count). The summed E-state index contributed by atoms with van der Waals surface area (Å²) in [4.78, 5) is 0. The molecule has 14 heavy (non-hydrogen) atoms. The second-order valence-corrected chi connectivity index (χ2v) is 3.90. The quantitative estimate of drug-likeness (QED) is 0.709. The molecule has 82 valence electrons. The van der Waals surface area contributed by atoms with Crippen LogP contribution in [0.15, 0.2) is 12.3 Å². The van der Waals surface area contributed by atoms with Gasteiger partial charge in [0.2, 0.25) is 0 Å². The van der Waals surface area contributed by atoms with E-state index in [2.05, 4.69) is 0 Å². The fraction of sp³-hybridized carbons (Fsp3) is 0.818. The van der Waals surface area contributed by atoms with Crippen molar-refractivity contribution in [3.63, 3.8) is 0 Å². The van der Waals surface area contributed by atoms with Gasteiger partial charge in [0.05, 0.1) is 19.5 Å². The minimum atomic E-state index is -0.837. The first-order chi connectivity index (χ1) is 6.70. The van der Waals surface area contributed by atoms with Gasteiger partial charge in [-0.15, -0.1) is 0 Å². The van der Waals surface area contributed by atoms with Crippen LogP contribution in [0.1, 0.15) is 26.2 Å². The third-order valence-electron chi connectivity index (χ3n) is 3.09. The van der Waals surface area contributed by atoms with Crippen molar-refractivity contribution in [2.45, 2.75) is 38.5 Å². The highest BCUT2D eigenvalue weighted by molar-refractivity contribution is 4.94. The number of hydrogen-bond acceptors (Lipinski definition) is 2. The Morgan fingerprint density at radius 3 is 2.79 bits per heavy atom. The predicted molar refractivity (Wildman–Crippen MR) is 53.6 cm³/mol. The van der Waals surface area contributed by atoms with Crippen LogP contribution in [-0.2, 0) is 4.74 Å². The number of aliphatic hydroxyl groups excluding tert-OH is 1. The van der Waals surface area contributed by atoms with Crippen LogP contribution in [0.5, 0.6) is 0 Å². The van der Waals surface area contributed by atoms with E-state index in [4.69, 9.17) is 4.74 Å². The van der Waals surface area contributed by atoms with Crippen LogP contribution in [0.3, 0.4) is 0 Å². The Kier molecular flexibility index (Phi) is 4.39. The molecule has 1 aliphatic rings. The smallest absolute Gasteiger partial charge is 0.106 e. The number of halogens is 1. The van der Waals surface area contributed by atoms with Crippen molar-refractivity contribution in [3.8, 4) is 0 Å². The molecule has 1 fully saturated rings. The summed E-state index contributed by atoms with van der Waals surface area (Å²) in [7, 11) is 1.58. The Labute approximate surface area is 84.8 Å². The third-order valence-corrected chi connectivity index (χ3v) is 3.09. The Morgan fingerprint density at radius 1 is 1.50 bits per heavy atom. The number of alkyl halides is 1. The Balaban J connectivity index is 2.51. The van der Waals surface area contributed by atoms with E-state index in [0.717, 1.165) is 6.42 Å². The summed E-state index contributed by atoms with van der Waals surface area (Å²) < 4.78 is 18.2. The fourth-order valence-corrected chi connectivity index (χ4v) is 2.33. The van der Waals surface area contributed by atoms with Crippen molar-refractivity contribution in [2.75, 3.05) is 7.11 Å². The number of methoxy groups -OCH3 is 1. The molecule has 1 N–H and O–H groups in total. The monoisotopic (exact) mass is 202 g/mol. The van der Waals surface area contributed by atoms with Gasteiger partial charge in [0.1, 0.15) is 6.17 Å². The first-order valence-electron chi connectivity index (χ1n) is 5.20. The number of ether oxygens (including phenoxy) is 1. The number of allylic oxidation sites excluding steroid dienone is 1. The molecule has 0 spiro atoms. The molecule has 4 atom stereocenters. The largest absolute Gasteiger partial charge is 0.505 e. The lowest BCUT2D eigenvalue weighted by Gasteiger charge is -2.19. The van der Waals surface area contributed by atoms with Gasteiger partial charge >= 0.3 is 0 Å². The second-order valence-electron chi connectivity index (χ2n) is 3.90. The highest BCUT2D eigenvalue weighted by Crippen LogP contribution is 2.38. The normalized spacial score (nSPS) is 38.0. The molecule has 2 nitrogen and oxygen atoms in total. The van der Waals surface area contributed by atoms with E-state index >= 15 is 0 Å². The van der Waals surface area contributed by atoms with E-state index in [1.807, 2.05) is 13.0 Å². The van der Waals surface area contributed by atoms with Crippen LogP contribution in [0.4, 0.5) is 4.39 Å². The van der Waals surface area contributed by atoms with Gasteiger partial charge in [0.25, 0.3) is 0 Å². The van der Waals surface area contributed by atoms with Crippen LogP contribution in [0.2, 0.25) is 0 Å². The maximum atomic E-state index is 13.4. The van der Waals surface area contributed by atoms with Gasteiger partial charge in [0.15, 0.2) is 0 Å². The molecule has 0 heterocycles. The zero-order valence-corrected chi connectivity index (χ0v) is 8.82. The second kappa shape index (κ2) is 5.35. The van der Waals surface area contributed by atoms with Gasteiger partial charge in [0, 0.05) is 6.42 Å². The molecule has 3 heteroatoms. The van der Waals surface area contributed by atoms with Gasteiger partial charge < -0.3 is 9.84 Å². The van der Waals surface area contributed by atoms with Crippen LogP contribution in [0, 0.1) is 11.8 Å². The van der Waals surface area contributed by atoms with Gasteiger partial charge in [-0.1, -0.05) is 13.3 Å². The zero-order chi connectivity index (χ0) is 10.6. The van der Waals surface area contributed by atoms with Crippen molar-refractivity contribution in [1.82, 2.24) is 0 Å². The molecule has 0 amide bonds. The Morgan fingerprint density at radius 2 is 2.21 bits per heavy atom. The first-order valence-corrected chi connectivity index (χ1v) is 5.20. The Hall–Kier alpha value is -0.570. The summed E-state index contributed by atoms with van der Waals surface area (Å²) in [5.74, 6) is 0.0629. The van der Waals surface area contributed by atoms with Crippen molar-refractivity contribution < 1.29 is 14.2 Å². The van der Waals surface area contributed by atoms with Gasteiger partial charge in [-0.25, -0.2) is 4.39 Å². The highest BCUT2D eigenvalue weighted by atomic mass is 19.1. The van der Waals surface area contributed by atoms with Crippen molar-refractivity contribution in [1.29, 1.82) is 0 Å². The van der Waals surface area contributed by atoms with E-state index in [9.17, 15) is 9.50 Å². The topological polar surface area (TPSA) is 29.5 Å². The molecule has 0 bridgehead atoms. The summed E-state index contributed by atoms with van der Waals surface area (Å²) in [6, 6.07) is 0. The maximum absolute atomic E-state index is 13.4. The Bertz CT molecular complexity index is 194. The van der Waals surface area contributed by atoms with Crippen molar-refractivity contribution >= 4 is 0 Å². The van der Waals surface area contributed by atoms with Gasteiger partial charge in [-0.05, 0) is 24.3 Å². The number of hydrogen-bond donors (Lipinski definition) is 1. The summed E-state index contributed by atoms with van der Waals surface area (Å²) in [6.07, 6.45) is 3.91. The minimum absolute atomic E-state index is 0.00602. The number of rotatable bonds is 4. The number of aliphatic hydroxyl groups is 1. The predicted octanol–water partition coefficient (Wildman–Crippen LogP) is 2.28. The summed E-state index contributed by atoms with van der Waals surface area (Å²) in [6.45, 7) is 1.97. The first kappa shape index (κ1) is 11.5. The molecule has 0 aromatic heterocycles. The summed E-state index contributed by atoms with van der Waals surface area (Å²) >= 11 is 0. The molecule has 0 radical (unpaired) electrons. The van der Waals surface area contributed by atoms with E-state index in [1.165, 1.54) is 0 Å². The summed E-state index contributed by atoms with van der Waals surface area (Å²) in [5.41, 5.74) is 0. The lowest BCUT2D eigenvalue weighted by molar-refractivity contribution is 0.117. The molecule has 4 unspecified atom stereocenters. The molecule has 0 aromatic carbocycles. The van der Waals surface area contributed by atoms with Gasteiger partial charge in [-0.3, -0.25) is 0 Å². The van der Waals surface area contributed by atoms with Crippen LogP contribution in [0.25, 0.3) is 0 Å². The fourth-order valence-electron chi connectivity index (χ4n) is 2.33. The van der Waals surface area contributed by atoms with Crippen molar-refractivity contribution in [2.24, 2.45) is 11.8 Å². The average molecular weight is 202 g/mol. The lowest BCUT2D eigenvalue weighted by atomic mass is 9.89. The van der Waals surface area contributed by atoms with Crippen molar-refractivity contribution in [3.05, 3.63) is 12.3 Å². The average Bonchev–Trinajstić information content (AvgIpc) is 2.42. The lowest BCUT2D eigenvalue weighted by Crippen LogP contribution is -2.19. The standard InChI is InChI=1S/C11H19FO2/c1-3-8-9(5-4-6-14-2)11(13)7-10(8)12/h4,6,8-11,13H,3,5,7H2,1-2H3/b6-4+. The van der Waals surface area contributed by atoms with E-state index in [1.54, 1.807) is 13.4 Å². The zero-order valence-electron chi connectivity index (χ0n) is 8.82. The van der Waals surface area contributed by atoms with E-state index in [0.29, 0.717) is 12.8 Å². The molecule has 1 aliphatic carbocycles. The van der Waals surface area contributed by atoms with E-state index in [-0.39, 0.29) is 11.8 Å². The summed E-state index contributed by atoms with van der Waals surface area (Å²) in [5, 5.41) is 9.65. The minimum Gasteiger partial charge on any atom is -0.505 e. The molecular formula is C11H19FO2. The van der Waals surface area contributed by atoms with Gasteiger partial charge in [-0.2, -0.15) is 0 Å². The molecular weight excluding hydrogens is 183 g/mol. The third kappa shape index (κ3) is 2.47. The van der Waals surface area contributed by atoms with E-state index < -0.39 is 12.3 Å². The maximum Gasteiger partial charge on any atom is 0.106 e. The highest BCUT2D eigenvalue weighted by Gasteiger charge is 2.40. The molecule has 0 saturated heterocycles. The van der Waals surface area contributed by atoms with Crippen LogP contribution < -0.4 is 0 Å². The molecule has 0 aromatic rings. The SMILES string of the molecule is CCC1C(F)CC(O)C1C/C=C/OC. The van der Waals surface area contributed by atoms with Crippen LogP contribution >= 0.6 is 0 Å².